The molecule has 5 nitrogen and oxygen atoms in total. The van der Waals surface area contributed by atoms with Gasteiger partial charge in [0.25, 0.3) is 0 Å². The molecule has 1 aliphatic heterocycles. The van der Waals surface area contributed by atoms with Crippen molar-refractivity contribution in [1.29, 1.82) is 0 Å². The summed E-state index contributed by atoms with van der Waals surface area (Å²) in [7, 11) is 0. The molecule has 112 valence electrons. The third kappa shape index (κ3) is 3.63. The maximum atomic E-state index is 5.81. The summed E-state index contributed by atoms with van der Waals surface area (Å²) < 4.78 is 2.25. The molecule has 2 aromatic heterocycles. The van der Waals surface area contributed by atoms with Gasteiger partial charge in [0.2, 0.25) is 0 Å². The Balaban J connectivity index is 1.73. The van der Waals surface area contributed by atoms with Crippen LogP contribution in [0, 0.1) is 0 Å². The molecule has 0 spiro atoms. The van der Waals surface area contributed by atoms with Crippen LogP contribution < -0.4 is 5.73 Å². The van der Waals surface area contributed by atoms with Gasteiger partial charge in [-0.25, -0.2) is 4.98 Å². The highest BCUT2D eigenvalue weighted by molar-refractivity contribution is 7.99. The van der Waals surface area contributed by atoms with Crippen molar-refractivity contribution in [3.8, 4) is 0 Å². The molecule has 2 aromatic rings. The Morgan fingerprint density at radius 3 is 2.95 bits per heavy atom. The van der Waals surface area contributed by atoms with Crippen LogP contribution in [0.1, 0.15) is 37.6 Å². The lowest BCUT2D eigenvalue weighted by Crippen LogP contribution is -2.17. The fourth-order valence-electron chi connectivity index (χ4n) is 2.59. The van der Waals surface area contributed by atoms with Crippen LogP contribution in [0.2, 0.25) is 0 Å². The van der Waals surface area contributed by atoms with Crippen LogP contribution in [0.3, 0.4) is 0 Å². The van der Waals surface area contributed by atoms with Gasteiger partial charge >= 0.3 is 0 Å². The number of hydrogen-bond acceptors (Lipinski definition) is 5. The monoisotopic (exact) mass is 303 g/mol. The largest absolute Gasteiger partial charge is 0.328 e. The SMILES string of the molecule is CC(N)Cc1ccc(Sc2nnc3n2CCCCC3)nc1. The van der Waals surface area contributed by atoms with Crippen LogP contribution >= 0.6 is 11.8 Å². The summed E-state index contributed by atoms with van der Waals surface area (Å²) in [6.45, 7) is 3.03. The van der Waals surface area contributed by atoms with Gasteiger partial charge < -0.3 is 10.3 Å². The maximum absolute atomic E-state index is 5.81. The van der Waals surface area contributed by atoms with Gasteiger partial charge in [-0.3, -0.25) is 0 Å². The number of hydrogen-bond donors (Lipinski definition) is 1. The van der Waals surface area contributed by atoms with Crippen molar-refractivity contribution in [2.75, 3.05) is 0 Å². The molecule has 3 rings (SSSR count). The number of rotatable bonds is 4. The quantitative estimate of drug-likeness (QED) is 0.939. The number of aromatic nitrogens is 4. The van der Waals surface area contributed by atoms with Crippen LogP contribution in [0.4, 0.5) is 0 Å². The molecule has 0 fully saturated rings. The van der Waals surface area contributed by atoms with Crippen molar-refractivity contribution in [3.63, 3.8) is 0 Å². The van der Waals surface area contributed by atoms with Crippen LogP contribution in [0.25, 0.3) is 0 Å². The van der Waals surface area contributed by atoms with E-state index < -0.39 is 0 Å². The molecule has 0 aliphatic carbocycles. The zero-order chi connectivity index (χ0) is 14.7. The van der Waals surface area contributed by atoms with Crippen LogP contribution in [-0.4, -0.2) is 25.8 Å². The van der Waals surface area contributed by atoms with Crippen molar-refractivity contribution >= 4 is 11.8 Å². The summed E-state index contributed by atoms with van der Waals surface area (Å²) >= 11 is 1.59. The summed E-state index contributed by atoms with van der Waals surface area (Å²) in [6.07, 6.45) is 7.50. The van der Waals surface area contributed by atoms with E-state index in [-0.39, 0.29) is 6.04 Å². The van der Waals surface area contributed by atoms with Crippen molar-refractivity contribution in [2.24, 2.45) is 5.73 Å². The van der Waals surface area contributed by atoms with E-state index in [1.54, 1.807) is 11.8 Å². The average molecular weight is 303 g/mol. The standard InChI is InChI=1S/C15H21N5S/c1-11(16)9-12-6-7-14(17-10-12)21-15-19-18-13-5-3-2-4-8-20(13)15/h6-7,10-11H,2-5,8-9,16H2,1H3. The van der Waals surface area contributed by atoms with E-state index in [0.717, 1.165) is 35.4 Å². The second kappa shape index (κ2) is 6.58. The first-order chi connectivity index (χ1) is 10.2. The molecule has 2 N–H and O–H groups in total. The van der Waals surface area contributed by atoms with Crippen LogP contribution in [0.15, 0.2) is 28.5 Å². The van der Waals surface area contributed by atoms with E-state index in [9.17, 15) is 0 Å². The second-order valence-corrected chi connectivity index (χ2v) is 6.64. The number of pyridine rings is 1. The van der Waals surface area contributed by atoms with Crippen molar-refractivity contribution in [3.05, 3.63) is 29.7 Å². The zero-order valence-corrected chi connectivity index (χ0v) is 13.1. The molecule has 0 aromatic carbocycles. The van der Waals surface area contributed by atoms with Gasteiger partial charge in [0, 0.05) is 25.2 Å². The van der Waals surface area contributed by atoms with Gasteiger partial charge in [0.1, 0.15) is 10.9 Å². The Morgan fingerprint density at radius 2 is 2.19 bits per heavy atom. The summed E-state index contributed by atoms with van der Waals surface area (Å²) in [5.74, 6) is 1.11. The Kier molecular flexibility index (Phi) is 4.55. The number of nitrogens with two attached hydrogens (primary N) is 1. The highest BCUT2D eigenvalue weighted by Gasteiger charge is 2.15. The predicted molar refractivity (Wildman–Crippen MR) is 83.3 cm³/mol. The van der Waals surface area contributed by atoms with E-state index in [4.69, 9.17) is 5.73 Å². The minimum absolute atomic E-state index is 0.164. The van der Waals surface area contributed by atoms with Crippen molar-refractivity contribution in [1.82, 2.24) is 19.7 Å². The third-order valence-corrected chi connectivity index (χ3v) is 4.56. The van der Waals surface area contributed by atoms with E-state index in [1.807, 2.05) is 19.2 Å². The molecular formula is C15H21N5S. The number of fused-ring (bicyclic) bond motifs is 1. The molecule has 0 amide bonds. The first kappa shape index (κ1) is 14.5. The summed E-state index contributed by atoms with van der Waals surface area (Å²) in [5.41, 5.74) is 6.98. The van der Waals surface area contributed by atoms with E-state index >= 15 is 0 Å². The van der Waals surface area contributed by atoms with Crippen LogP contribution in [0.5, 0.6) is 0 Å². The smallest absolute Gasteiger partial charge is 0.197 e. The Bertz CT molecular complexity index is 591. The molecule has 1 unspecified atom stereocenters. The van der Waals surface area contributed by atoms with E-state index in [0.29, 0.717) is 0 Å². The molecule has 6 heteroatoms. The Hall–Kier alpha value is -1.40. The minimum atomic E-state index is 0.164. The molecule has 3 heterocycles. The molecule has 0 bridgehead atoms. The fraction of sp³-hybridized carbons (Fsp3) is 0.533. The number of nitrogens with zero attached hydrogens (tertiary/aromatic N) is 4. The van der Waals surface area contributed by atoms with Gasteiger partial charge in [-0.2, -0.15) is 0 Å². The second-order valence-electron chi connectivity index (χ2n) is 5.65. The zero-order valence-electron chi connectivity index (χ0n) is 12.3. The minimum Gasteiger partial charge on any atom is -0.328 e. The summed E-state index contributed by atoms with van der Waals surface area (Å²) in [5, 5.41) is 10.6. The molecule has 0 saturated carbocycles. The Morgan fingerprint density at radius 1 is 1.29 bits per heavy atom. The highest BCUT2D eigenvalue weighted by atomic mass is 32.2. The fourth-order valence-corrected chi connectivity index (χ4v) is 3.41. The topological polar surface area (TPSA) is 69.6 Å². The van der Waals surface area contributed by atoms with E-state index in [1.165, 1.54) is 24.8 Å². The van der Waals surface area contributed by atoms with Gasteiger partial charge in [0.05, 0.1) is 0 Å². The van der Waals surface area contributed by atoms with Gasteiger partial charge in [-0.05, 0) is 49.6 Å². The molecule has 0 radical (unpaired) electrons. The lowest BCUT2D eigenvalue weighted by atomic mass is 10.1. The summed E-state index contributed by atoms with van der Waals surface area (Å²) in [6, 6.07) is 4.30. The Labute approximate surface area is 129 Å². The van der Waals surface area contributed by atoms with Gasteiger partial charge in [-0.1, -0.05) is 12.5 Å². The predicted octanol–water partition coefficient (Wildman–Crippen LogP) is 2.44. The molecule has 1 atom stereocenters. The number of aryl methyl sites for hydroxylation is 1. The molecule has 21 heavy (non-hydrogen) atoms. The third-order valence-electron chi connectivity index (χ3n) is 3.63. The first-order valence-electron chi connectivity index (χ1n) is 7.53. The lowest BCUT2D eigenvalue weighted by Gasteiger charge is -2.07. The van der Waals surface area contributed by atoms with Crippen molar-refractivity contribution < 1.29 is 0 Å². The summed E-state index contributed by atoms with van der Waals surface area (Å²) in [4.78, 5) is 4.51. The molecule has 0 saturated heterocycles. The first-order valence-corrected chi connectivity index (χ1v) is 8.34. The van der Waals surface area contributed by atoms with Crippen LogP contribution in [-0.2, 0) is 19.4 Å². The maximum Gasteiger partial charge on any atom is 0.197 e. The van der Waals surface area contributed by atoms with Gasteiger partial charge in [0.15, 0.2) is 5.16 Å². The molecule has 1 aliphatic rings. The average Bonchev–Trinajstić information content (AvgIpc) is 2.69. The van der Waals surface area contributed by atoms with Gasteiger partial charge in [-0.15, -0.1) is 10.2 Å². The normalized spacial score (nSPS) is 16.3. The van der Waals surface area contributed by atoms with Crippen molar-refractivity contribution in [2.45, 2.75) is 61.8 Å². The van der Waals surface area contributed by atoms with E-state index in [2.05, 4.69) is 25.8 Å². The molecular weight excluding hydrogens is 282 g/mol. The highest BCUT2D eigenvalue weighted by Crippen LogP contribution is 2.27. The lowest BCUT2D eigenvalue weighted by molar-refractivity contribution is 0.590.